The topological polar surface area (TPSA) is 20.2 Å². The molecule has 15 heavy (non-hydrogen) atoms. The standard InChI is InChI=1S/CH5OP.12W/c2-1-3;;;;;;;;;;;;/h2H,1,3H2;;;;;;;;;;;;. The van der Waals surface area contributed by atoms with Crippen LogP contribution >= 0.6 is 9.24 Å². The van der Waals surface area contributed by atoms with Crippen molar-refractivity contribution in [2.24, 2.45) is 0 Å². The normalized spacial score (nSPS) is 1.20. The zero-order valence-electron chi connectivity index (χ0n) is 6.63. The van der Waals surface area contributed by atoms with Gasteiger partial charge in [-0.05, 0) is 0 Å². The fourth-order valence-electron chi connectivity index (χ4n) is 0. The molecule has 0 aliphatic heterocycles. The van der Waals surface area contributed by atoms with Crippen molar-refractivity contribution in [3.05, 3.63) is 0 Å². The van der Waals surface area contributed by atoms with Crippen LogP contribution in [0.15, 0.2) is 0 Å². The Morgan fingerprint density at radius 2 is 0.467 bits per heavy atom. The summed E-state index contributed by atoms with van der Waals surface area (Å²) >= 11 is 0. The van der Waals surface area contributed by atoms with Crippen molar-refractivity contribution in [1.29, 1.82) is 0 Å². The Kier molecular flexibility index (Phi) is 813. The summed E-state index contributed by atoms with van der Waals surface area (Å²) in [4.78, 5) is 0. The molecule has 0 fully saturated rings. The molecule has 0 heterocycles. The summed E-state index contributed by atoms with van der Waals surface area (Å²) in [6.45, 7) is 0. The first-order valence-electron chi connectivity index (χ1n) is 0.724. The number of hydrogen-bond acceptors (Lipinski definition) is 1. The average Bonchev–Trinajstić information content (AvgIpc) is 0.918. The molecular formula is CH5OPW12. The minimum Gasteiger partial charge on any atom is -0.392 e. The van der Waals surface area contributed by atoms with Crippen LogP contribution in [0, 0.1) is 0 Å². The predicted octanol–water partition coefficient (Wildman–Crippen LogP) is -0.219. The summed E-state index contributed by atoms with van der Waals surface area (Å²) < 4.78 is 0. The molecule has 14 heteroatoms. The van der Waals surface area contributed by atoms with Crippen molar-refractivity contribution < 1.29 is 258 Å². The molecule has 1 nitrogen and oxygen atoms in total. The van der Waals surface area contributed by atoms with E-state index in [4.69, 9.17) is 5.11 Å². The zero-order valence-corrected chi connectivity index (χ0v) is 43.0. The Labute approximate surface area is 267 Å². The second-order valence-corrected chi connectivity index (χ2v) is 0.548. The largest absolute Gasteiger partial charge is 0.392 e. The van der Waals surface area contributed by atoms with Gasteiger partial charge in [0.15, 0.2) is 0 Å². The van der Waals surface area contributed by atoms with Gasteiger partial charge in [0.05, 0.1) is 6.35 Å². The van der Waals surface area contributed by atoms with E-state index < -0.39 is 0 Å². The molecule has 0 aliphatic carbocycles. The molecule has 1 N–H and O–H groups in total. The minimum absolute atomic E-state index is 0. The maximum Gasteiger partial charge on any atom is 0.0567 e. The Morgan fingerprint density at radius 3 is 0.467 bits per heavy atom. The Morgan fingerprint density at radius 1 is 0.467 bits per heavy atom. The molecule has 0 aromatic rings. The first-order chi connectivity index (χ1) is 1.41. The number of aliphatic hydroxyl groups is 1. The second kappa shape index (κ2) is 114. The first-order valence-corrected chi connectivity index (χ1v) is 1.54. The Balaban J connectivity index is -0.000000000303. The van der Waals surface area contributed by atoms with E-state index in [9.17, 15) is 0 Å². The fourth-order valence-corrected chi connectivity index (χ4v) is 0. The zero-order chi connectivity index (χ0) is 2.71. The van der Waals surface area contributed by atoms with E-state index in [0.29, 0.717) is 0 Å². The van der Waals surface area contributed by atoms with E-state index in [1.165, 1.54) is 0 Å². The molecule has 0 radical (unpaired) electrons. The van der Waals surface area contributed by atoms with Gasteiger partial charge in [-0.15, -0.1) is 9.24 Å². The Hall–Kier alpha value is 8.65. The van der Waals surface area contributed by atoms with Crippen LogP contribution in [0.25, 0.3) is 0 Å². The second-order valence-electron chi connectivity index (χ2n) is 0.183. The van der Waals surface area contributed by atoms with E-state index in [-0.39, 0.29) is 259 Å². The summed E-state index contributed by atoms with van der Waals surface area (Å²) in [6.07, 6.45) is 0.167. The first kappa shape index (κ1) is 107. The summed E-state index contributed by atoms with van der Waals surface area (Å²) in [7, 11) is 2.13. The minimum atomic E-state index is 0. The van der Waals surface area contributed by atoms with Crippen LogP contribution in [0.1, 0.15) is 0 Å². The van der Waals surface area contributed by atoms with Crippen LogP contribution in [0.5, 0.6) is 0 Å². The molecule has 0 saturated heterocycles. The van der Waals surface area contributed by atoms with Crippen molar-refractivity contribution in [2.75, 3.05) is 6.35 Å². The molecule has 0 aromatic heterocycles. The van der Waals surface area contributed by atoms with E-state index in [1.54, 1.807) is 0 Å². The van der Waals surface area contributed by atoms with Gasteiger partial charge in [0.25, 0.3) is 0 Å². The third-order valence-corrected chi connectivity index (χ3v) is 0. The van der Waals surface area contributed by atoms with Crippen LogP contribution < -0.4 is 0 Å². The van der Waals surface area contributed by atoms with Gasteiger partial charge in [-0.3, -0.25) is 0 Å². The van der Waals surface area contributed by atoms with Crippen molar-refractivity contribution in [1.82, 2.24) is 0 Å². The summed E-state index contributed by atoms with van der Waals surface area (Å²) in [5, 5.41) is 7.53. The SMILES string of the molecule is OCP.[W].[W].[W].[W].[W].[W].[W].[W].[W].[W].[W].[W]. The van der Waals surface area contributed by atoms with Gasteiger partial charge in [-0.1, -0.05) is 0 Å². The molecular weight excluding hydrogens is 2270 g/mol. The van der Waals surface area contributed by atoms with E-state index in [0.717, 1.165) is 0 Å². The van der Waals surface area contributed by atoms with Gasteiger partial charge in [0.2, 0.25) is 0 Å². The third kappa shape index (κ3) is 129. The van der Waals surface area contributed by atoms with Gasteiger partial charge in [0, 0.05) is 253 Å². The average molecular weight is 2270 g/mol. The third-order valence-electron chi connectivity index (χ3n) is 0. The van der Waals surface area contributed by atoms with Crippen LogP contribution in [0.3, 0.4) is 0 Å². The van der Waals surface area contributed by atoms with Gasteiger partial charge in [-0.2, -0.15) is 0 Å². The molecule has 0 amide bonds. The van der Waals surface area contributed by atoms with Crippen molar-refractivity contribution >= 4 is 9.24 Å². The van der Waals surface area contributed by atoms with Gasteiger partial charge in [0.1, 0.15) is 0 Å². The van der Waals surface area contributed by atoms with Crippen molar-refractivity contribution in [3.8, 4) is 0 Å². The molecule has 0 saturated carbocycles. The molecule has 0 rings (SSSR count). The van der Waals surface area contributed by atoms with Gasteiger partial charge >= 0.3 is 0 Å². The van der Waals surface area contributed by atoms with Crippen LogP contribution in [-0.2, 0) is 253 Å². The van der Waals surface area contributed by atoms with Gasteiger partial charge < -0.3 is 5.11 Å². The molecule has 0 spiro atoms. The molecule has 0 aliphatic rings. The molecule has 0 aromatic carbocycles. The number of aliphatic hydroxyl groups excluding tert-OH is 1. The molecule has 92 valence electrons. The fraction of sp³-hybridized carbons (Fsp3) is 1.00. The van der Waals surface area contributed by atoms with E-state index in [1.807, 2.05) is 0 Å². The van der Waals surface area contributed by atoms with Crippen LogP contribution in [0.2, 0.25) is 0 Å². The smallest absolute Gasteiger partial charge is 0.0567 e. The van der Waals surface area contributed by atoms with E-state index >= 15 is 0 Å². The quantitative estimate of drug-likeness (QED) is 0.334. The monoisotopic (exact) mass is 2270 g/mol. The van der Waals surface area contributed by atoms with Crippen molar-refractivity contribution in [3.63, 3.8) is 0 Å². The maximum atomic E-state index is 7.53. The number of hydrogen-bond donors (Lipinski definition) is 1. The molecule has 1 unspecified atom stereocenters. The summed E-state index contributed by atoms with van der Waals surface area (Å²) in [5.41, 5.74) is 0. The Bertz CT molecular complexity index is 15.6. The maximum absolute atomic E-state index is 7.53. The van der Waals surface area contributed by atoms with Gasteiger partial charge in [-0.25, -0.2) is 0 Å². The van der Waals surface area contributed by atoms with E-state index in [2.05, 4.69) is 9.24 Å². The molecule has 1 atom stereocenters. The summed E-state index contributed by atoms with van der Waals surface area (Å²) in [6, 6.07) is 0. The number of rotatable bonds is 0. The predicted molar refractivity (Wildman–Crippen MR) is 16.8 cm³/mol. The summed E-state index contributed by atoms with van der Waals surface area (Å²) in [5.74, 6) is 0. The van der Waals surface area contributed by atoms with Crippen LogP contribution in [0.4, 0.5) is 0 Å². The van der Waals surface area contributed by atoms with Crippen LogP contribution in [-0.4, -0.2) is 11.5 Å². The molecule has 0 bridgehead atoms. The van der Waals surface area contributed by atoms with Crippen molar-refractivity contribution in [2.45, 2.75) is 0 Å².